The smallest absolute Gasteiger partial charge is 0.240 e. The van der Waals surface area contributed by atoms with E-state index in [1.165, 1.54) is 26.4 Å². The van der Waals surface area contributed by atoms with Crippen LogP contribution in [0.1, 0.15) is 50.7 Å². The van der Waals surface area contributed by atoms with Crippen LogP contribution in [-0.4, -0.2) is 47.7 Å². The molecule has 2 amide bonds. The molecule has 2 aromatic rings. The summed E-state index contributed by atoms with van der Waals surface area (Å²) in [5.41, 5.74) is 6.76. The second-order valence-corrected chi connectivity index (χ2v) is 7.44. The Kier molecular flexibility index (Phi) is 9.88. The van der Waals surface area contributed by atoms with Crippen molar-refractivity contribution >= 4 is 23.2 Å². The molecule has 34 heavy (non-hydrogen) atoms. The van der Waals surface area contributed by atoms with Crippen molar-refractivity contribution in [1.29, 1.82) is 0 Å². The summed E-state index contributed by atoms with van der Waals surface area (Å²) in [5.74, 6) is 0.443. The molecule has 182 valence electrons. The normalized spacial score (nSPS) is 11.6. The Morgan fingerprint density at radius 1 is 0.765 bits per heavy atom. The SMILES string of the molecule is COc1ccc(C(C)=NNC(=O)CCCCC(=O)NN=C(C)c2ccc(OC)cc2O)c(O)c1. The van der Waals surface area contributed by atoms with Crippen molar-refractivity contribution in [2.45, 2.75) is 39.5 Å². The van der Waals surface area contributed by atoms with Gasteiger partial charge in [0.05, 0.1) is 25.6 Å². The quantitative estimate of drug-likeness (QED) is 0.226. The first-order valence-corrected chi connectivity index (χ1v) is 10.7. The van der Waals surface area contributed by atoms with Crippen molar-refractivity contribution in [3.8, 4) is 23.0 Å². The van der Waals surface area contributed by atoms with Crippen LogP contribution in [-0.2, 0) is 9.59 Å². The number of carbonyl (C=O) groups is 2. The molecule has 10 nitrogen and oxygen atoms in total. The van der Waals surface area contributed by atoms with Gasteiger partial charge in [-0.05, 0) is 51.0 Å². The van der Waals surface area contributed by atoms with Crippen LogP contribution < -0.4 is 20.3 Å². The fraction of sp³-hybridized carbons (Fsp3) is 0.333. The van der Waals surface area contributed by atoms with Crippen LogP contribution in [0.3, 0.4) is 0 Å². The van der Waals surface area contributed by atoms with E-state index in [-0.39, 0.29) is 36.2 Å². The lowest BCUT2D eigenvalue weighted by Crippen LogP contribution is -2.20. The Hall–Kier alpha value is -4.08. The Labute approximate surface area is 198 Å². The Morgan fingerprint density at radius 3 is 1.47 bits per heavy atom. The van der Waals surface area contributed by atoms with E-state index in [9.17, 15) is 19.8 Å². The zero-order valence-electron chi connectivity index (χ0n) is 19.7. The molecule has 10 heteroatoms. The van der Waals surface area contributed by atoms with Crippen LogP contribution in [0.15, 0.2) is 46.6 Å². The highest BCUT2D eigenvalue weighted by Gasteiger charge is 2.09. The average molecular weight is 471 g/mol. The van der Waals surface area contributed by atoms with Crippen molar-refractivity contribution in [3.63, 3.8) is 0 Å². The van der Waals surface area contributed by atoms with E-state index in [1.54, 1.807) is 38.1 Å². The molecule has 2 rings (SSSR count). The molecular formula is C24H30N4O6. The number of hydrazone groups is 2. The Balaban J connectivity index is 1.73. The van der Waals surface area contributed by atoms with E-state index in [4.69, 9.17) is 9.47 Å². The third kappa shape index (κ3) is 7.80. The number of hydrogen-bond donors (Lipinski definition) is 4. The van der Waals surface area contributed by atoms with Gasteiger partial charge >= 0.3 is 0 Å². The van der Waals surface area contributed by atoms with Gasteiger partial charge in [0, 0.05) is 36.1 Å². The number of ether oxygens (including phenoxy) is 2. The molecule has 0 saturated carbocycles. The number of nitrogens with zero attached hydrogens (tertiary/aromatic N) is 2. The van der Waals surface area contributed by atoms with E-state index in [2.05, 4.69) is 21.1 Å². The van der Waals surface area contributed by atoms with Crippen molar-refractivity contribution in [1.82, 2.24) is 10.9 Å². The lowest BCUT2D eigenvalue weighted by atomic mass is 10.1. The predicted molar refractivity (Wildman–Crippen MR) is 128 cm³/mol. The van der Waals surface area contributed by atoms with Gasteiger partial charge in [0.25, 0.3) is 0 Å². The second-order valence-electron chi connectivity index (χ2n) is 7.44. The largest absolute Gasteiger partial charge is 0.507 e. The van der Waals surface area contributed by atoms with Crippen LogP contribution in [0.25, 0.3) is 0 Å². The fourth-order valence-electron chi connectivity index (χ4n) is 2.98. The molecule has 0 unspecified atom stereocenters. The van der Waals surface area contributed by atoms with Gasteiger partial charge in [0.2, 0.25) is 11.8 Å². The summed E-state index contributed by atoms with van der Waals surface area (Å²) in [5, 5.41) is 28.1. The highest BCUT2D eigenvalue weighted by atomic mass is 16.5. The fourth-order valence-corrected chi connectivity index (χ4v) is 2.98. The van der Waals surface area contributed by atoms with E-state index in [0.29, 0.717) is 46.9 Å². The van der Waals surface area contributed by atoms with Crippen molar-refractivity contribution in [2.75, 3.05) is 14.2 Å². The maximum Gasteiger partial charge on any atom is 0.240 e. The summed E-state index contributed by atoms with van der Waals surface area (Å²) >= 11 is 0. The molecule has 0 aromatic heterocycles. The first kappa shape index (κ1) is 26.2. The van der Waals surface area contributed by atoms with Crippen LogP contribution in [0.5, 0.6) is 23.0 Å². The van der Waals surface area contributed by atoms with Gasteiger partial charge in [-0.2, -0.15) is 10.2 Å². The molecule has 0 fully saturated rings. The maximum atomic E-state index is 12.0. The first-order valence-electron chi connectivity index (χ1n) is 10.7. The monoisotopic (exact) mass is 470 g/mol. The number of aromatic hydroxyl groups is 2. The summed E-state index contributed by atoms with van der Waals surface area (Å²) in [7, 11) is 3.00. The number of carbonyl (C=O) groups excluding carboxylic acids is 2. The van der Waals surface area contributed by atoms with Gasteiger partial charge in [-0.3, -0.25) is 9.59 Å². The van der Waals surface area contributed by atoms with Crippen LogP contribution >= 0.6 is 0 Å². The lowest BCUT2D eigenvalue weighted by molar-refractivity contribution is -0.123. The summed E-state index contributed by atoms with van der Waals surface area (Å²) in [6.45, 7) is 3.33. The molecule has 4 N–H and O–H groups in total. The van der Waals surface area contributed by atoms with Crippen molar-refractivity contribution in [2.24, 2.45) is 10.2 Å². The summed E-state index contributed by atoms with van der Waals surface area (Å²) in [4.78, 5) is 24.0. The Morgan fingerprint density at radius 2 is 1.15 bits per heavy atom. The number of phenols is 2. The molecule has 0 spiro atoms. The number of methoxy groups -OCH3 is 2. The third-order valence-electron chi connectivity index (χ3n) is 4.94. The topological polar surface area (TPSA) is 142 Å². The number of amides is 2. The molecule has 0 bridgehead atoms. The highest BCUT2D eigenvalue weighted by molar-refractivity contribution is 6.02. The minimum absolute atomic E-state index is 0.000889. The minimum Gasteiger partial charge on any atom is -0.507 e. The van der Waals surface area contributed by atoms with Gasteiger partial charge in [-0.15, -0.1) is 0 Å². The maximum absolute atomic E-state index is 12.0. The minimum atomic E-state index is -0.295. The molecular weight excluding hydrogens is 440 g/mol. The molecule has 0 saturated heterocycles. The highest BCUT2D eigenvalue weighted by Crippen LogP contribution is 2.24. The van der Waals surface area contributed by atoms with Gasteiger partial charge in [0.15, 0.2) is 0 Å². The molecule has 0 aliphatic heterocycles. The van der Waals surface area contributed by atoms with E-state index >= 15 is 0 Å². The molecule has 0 radical (unpaired) electrons. The summed E-state index contributed by atoms with van der Waals surface area (Å²) in [6, 6.07) is 9.60. The van der Waals surface area contributed by atoms with Crippen LogP contribution in [0.4, 0.5) is 0 Å². The Bertz CT molecular complexity index is 996. The molecule has 0 aliphatic rings. The van der Waals surface area contributed by atoms with Gasteiger partial charge in [-0.25, -0.2) is 10.9 Å². The van der Waals surface area contributed by atoms with Crippen molar-refractivity contribution in [3.05, 3.63) is 47.5 Å². The van der Waals surface area contributed by atoms with E-state index in [0.717, 1.165) is 0 Å². The second kappa shape index (κ2) is 12.8. The molecule has 0 heterocycles. The number of nitrogens with one attached hydrogen (secondary N) is 2. The van der Waals surface area contributed by atoms with Crippen LogP contribution in [0, 0.1) is 0 Å². The zero-order valence-corrected chi connectivity index (χ0v) is 19.7. The first-order chi connectivity index (χ1) is 16.2. The zero-order chi connectivity index (χ0) is 25.1. The molecule has 2 aromatic carbocycles. The lowest BCUT2D eigenvalue weighted by Gasteiger charge is -2.07. The van der Waals surface area contributed by atoms with E-state index < -0.39 is 0 Å². The number of hydrogen-bond acceptors (Lipinski definition) is 8. The van der Waals surface area contributed by atoms with Crippen LogP contribution in [0.2, 0.25) is 0 Å². The van der Waals surface area contributed by atoms with Gasteiger partial charge in [0.1, 0.15) is 23.0 Å². The summed E-state index contributed by atoms with van der Waals surface area (Å²) in [6.07, 6.45) is 1.37. The van der Waals surface area contributed by atoms with Crippen molar-refractivity contribution < 1.29 is 29.3 Å². The number of benzene rings is 2. The number of unbranched alkanes of at least 4 members (excludes halogenated alkanes) is 1. The standard InChI is InChI=1S/C24H30N4O6/c1-15(19-11-9-17(33-3)13-21(19)29)25-27-23(31)7-5-6-8-24(32)28-26-16(2)20-12-10-18(34-4)14-22(20)30/h9-14,29-30H,5-8H2,1-4H3,(H,27,31)(H,28,32). The number of rotatable bonds is 11. The van der Waals surface area contributed by atoms with E-state index in [1.807, 2.05) is 0 Å². The predicted octanol–water partition coefficient (Wildman–Crippen LogP) is 3.06. The third-order valence-corrected chi connectivity index (χ3v) is 4.94. The molecule has 0 aliphatic carbocycles. The molecule has 0 atom stereocenters. The number of phenolic OH excluding ortho intramolecular Hbond substituents is 2. The van der Waals surface area contributed by atoms with Gasteiger partial charge < -0.3 is 19.7 Å². The average Bonchev–Trinajstić information content (AvgIpc) is 2.83. The summed E-state index contributed by atoms with van der Waals surface area (Å²) < 4.78 is 10.1. The van der Waals surface area contributed by atoms with Gasteiger partial charge in [-0.1, -0.05) is 0 Å².